The first-order valence-electron chi connectivity index (χ1n) is 7.24. The van der Waals surface area contributed by atoms with E-state index in [2.05, 4.69) is 18.3 Å². The van der Waals surface area contributed by atoms with Gasteiger partial charge in [-0.05, 0) is 44.0 Å². The van der Waals surface area contributed by atoms with Crippen molar-refractivity contribution in [3.05, 3.63) is 29.8 Å². The van der Waals surface area contributed by atoms with Gasteiger partial charge in [-0.3, -0.25) is 9.69 Å². The SMILES string of the molecule is CC1CCN(C(C)C(=O)Nc2cccc(C#N)c2)C1CO. The summed E-state index contributed by atoms with van der Waals surface area (Å²) in [5.74, 6) is 0.282. The summed E-state index contributed by atoms with van der Waals surface area (Å²) in [6.07, 6.45) is 0.993. The summed E-state index contributed by atoms with van der Waals surface area (Å²) < 4.78 is 0. The van der Waals surface area contributed by atoms with Crippen LogP contribution in [0.5, 0.6) is 0 Å². The van der Waals surface area contributed by atoms with E-state index in [1.165, 1.54) is 0 Å². The molecule has 0 aromatic heterocycles. The van der Waals surface area contributed by atoms with Crippen LogP contribution in [0.15, 0.2) is 24.3 Å². The standard InChI is InChI=1S/C16H21N3O2/c1-11-6-7-19(15(11)10-20)12(2)16(21)18-14-5-3-4-13(8-14)9-17/h3-5,8,11-12,15,20H,6-7,10H2,1-2H3,(H,18,21). The maximum Gasteiger partial charge on any atom is 0.241 e. The summed E-state index contributed by atoms with van der Waals surface area (Å²) >= 11 is 0. The van der Waals surface area contributed by atoms with Crippen molar-refractivity contribution < 1.29 is 9.90 Å². The Morgan fingerprint density at radius 1 is 1.62 bits per heavy atom. The fourth-order valence-electron chi connectivity index (χ4n) is 2.87. The first-order chi connectivity index (χ1) is 10.1. The van der Waals surface area contributed by atoms with Gasteiger partial charge in [0, 0.05) is 11.7 Å². The summed E-state index contributed by atoms with van der Waals surface area (Å²) in [6.45, 7) is 4.84. The van der Waals surface area contributed by atoms with E-state index in [0.29, 0.717) is 17.2 Å². The van der Waals surface area contributed by atoms with Crippen LogP contribution in [0, 0.1) is 17.2 Å². The van der Waals surface area contributed by atoms with Crippen LogP contribution in [0.2, 0.25) is 0 Å². The number of nitrogens with one attached hydrogen (secondary N) is 1. The molecule has 1 saturated heterocycles. The largest absolute Gasteiger partial charge is 0.395 e. The summed E-state index contributed by atoms with van der Waals surface area (Å²) in [6, 6.07) is 8.64. The number of benzene rings is 1. The lowest BCUT2D eigenvalue weighted by molar-refractivity contribution is -0.121. The van der Waals surface area contributed by atoms with Gasteiger partial charge >= 0.3 is 0 Å². The number of hydrogen-bond donors (Lipinski definition) is 2. The molecule has 0 radical (unpaired) electrons. The van der Waals surface area contributed by atoms with E-state index in [4.69, 9.17) is 5.26 Å². The smallest absolute Gasteiger partial charge is 0.241 e. The Hall–Kier alpha value is -1.90. The average molecular weight is 287 g/mol. The molecule has 0 spiro atoms. The Balaban J connectivity index is 2.04. The molecule has 1 aromatic rings. The first-order valence-corrected chi connectivity index (χ1v) is 7.24. The number of aliphatic hydroxyl groups is 1. The Morgan fingerprint density at radius 2 is 2.38 bits per heavy atom. The zero-order valence-electron chi connectivity index (χ0n) is 12.4. The van der Waals surface area contributed by atoms with Gasteiger partial charge in [-0.1, -0.05) is 13.0 Å². The highest BCUT2D eigenvalue weighted by Crippen LogP contribution is 2.26. The van der Waals surface area contributed by atoms with Crippen LogP contribution in [0.4, 0.5) is 5.69 Å². The van der Waals surface area contributed by atoms with Crippen LogP contribution in [0.1, 0.15) is 25.8 Å². The molecule has 21 heavy (non-hydrogen) atoms. The lowest BCUT2D eigenvalue weighted by Gasteiger charge is -2.30. The second-order valence-electron chi connectivity index (χ2n) is 5.61. The van der Waals surface area contributed by atoms with Crippen molar-refractivity contribution in [3.8, 4) is 6.07 Å². The lowest BCUT2D eigenvalue weighted by atomic mass is 10.0. The third kappa shape index (κ3) is 3.41. The highest BCUT2D eigenvalue weighted by Gasteiger charge is 2.36. The van der Waals surface area contributed by atoms with Crippen LogP contribution in [0.25, 0.3) is 0 Å². The maximum atomic E-state index is 12.3. The van der Waals surface area contributed by atoms with Gasteiger partial charge in [0.05, 0.1) is 24.3 Å². The van der Waals surface area contributed by atoms with E-state index in [9.17, 15) is 9.90 Å². The van der Waals surface area contributed by atoms with E-state index >= 15 is 0 Å². The van der Waals surface area contributed by atoms with E-state index in [1.807, 2.05) is 11.8 Å². The number of amides is 1. The molecule has 1 heterocycles. The summed E-state index contributed by atoms with van der Waals surface area (Å²) in [5, 5.41) is 21.2. The number of carbonyl (C=O) groups is 1. The van der Waals surface area contributed by atoms with Crippen molar-refractivity contribution in [3.63, 3.8) is 0 Å². The minimum Gasteiger partial charge on any atom is -0.395 e. The molecule has 0 aliphatic carbocycles. The highest BCUT2D eigenvalue weighted by molar-refractivity contribution is 5.94. The number of carbonyl (C=O) groups excluding carboxylic acids is 1. The number of aliphatic hydroxyl groups excluding tert-OH is 1. The topological polar surface area (TPSA) is 76.4 Å². The zero-order valence-corrected chi connectivity index (χ0v) is 12.4. The molecule has 1 aliphatic heterocycles. The maximum absolute atomic E-state index is 12.3. The zero-order chi connectivity index (χ0) is 15.4. The molecule has 2 rings (SSSR count). The van der Waals surface area contributed by atoms with E-state index in [1.54, 1.807) is 24.3 Å². The van der Waals surface area contributed by atoms with Crippen molar-refractivity contribution in [2.75, 3.05) is 18.5 Å². The molecule has 1 aromatic carbocycles. The summed E-state index contributed by atoms with van der Waals surface area (Å²) in [7, 11) is 0. The Kier molecular flexibility index (Phi) is 4.94. The minimum absolute atomic E-state index is 0.0381. The van der Waals surface area contributed by atoms with Crippen LogP contribution in [0.3, 0.4) is 0 Å². The first kappa shape index (κ1) is 15.5. The quantitative estimate of drug-likeness (QED) is 0.881. The Bertz CT molecular complexity index is 553. The number of hydrogen-bond acceptors (Lipinski definition) is 4. The number of anilines is 1. The molecule has 3 atom stereocenters. The second-order valence-corrected chi connectivity index (χ2v) is 5.61. The normalized spacial score (nSPS) is 23.5. The molecule has 0 saturated carbocycles. The molecular formula is C16H21N3O2. The van der Waals surface area contributed by atoms with Crippen LogP contribution >= 0.6 is 0 Å². The highest BCUT2D eigenvalue weighted by atomic mass is 16.3. The third-order valence-electron chi connectivity index (χ3n) is 4.25. The number of likely N-dealkylation sites (tertiary alicyclic amines) is 1. The molecule has 1 fully saturated rings. The van der Waals surface area contributed by atoms with E-state index < -0.39 is 0 Å². The monoisotopic (exact) mass is 287 g/mol. The summed E-state index contributed by atoms with van der Waals surface area (Å²) in [4.78, 5) is 14.4. The second kappa shape index (κ2) is 6.70. The van der Waals surface area contributed by atoms with Crippen LogP contribution < -0.4 is 5.32 Å². The lowest BCUT2D eigenvalue weighted by Crippen LogP contribution is -2.47. The van der Waals surface area contributed by atoms with Crippen molar-refractivity contribution >= 4 is 11.6 Å². The fourth-order valence-corrected chi connectivity index (χ4v) is 2.87. The van der Waals surface area contributed by atoms with Crippen molar-refractivity contribution in [1.29, 1.82) is 5.26 Å². The van der Waals surface area contributed by atoms with Crippen molar-refractivity contribution in [2.45, 2.75) is 32.4 Å². The molecule has 5 heteroatoms. The van der Waals surface area contributed by atoms with E-state index in [-0.39, 0.29) is 24.6 Å². The van der Waals surface area contributed by atoms with Gasteiger partial charge < -0.3 is 10.4 Å². The van der Waals surface area contributed by atoms with Gasteiger partial charge in [0.15, 0.2) is 0 Å². The average Bonchev–Trinajstić information content (AvgIpc) is 2.87. The van der Waals surface area contributed by atoms with Gasteiger partial charge in [-0.2, -0.15) is 5.26 Å². The molecular weight excluding hydrogens is 266 g/mol. The molecule has 1 amide bonds. The van der Waals surface area contributed by atoms with Gasteiger partial charge in [0.1, 0.15) is 0 Å². The number of rotatable bonds is 4. The molecule has 112 valence electrons. The number of nitriles is 1. The summed E-state index contributed by atoms with van der Waals surface area (Å²) in [5.41, 5.74) is 1.14. The number of nitrogens with zero attached hydrogens (tertiary/aromatic N) is 2. The molecule has 2 N–H and O–H groups in total. The van der Waals surface area contributed by atoms with Crippen LogP contribution in [-0.4, -0.2) is 41.1 Å². The predicted octanol–water partition coefficient (Wildman–Crippen LogP) is 1.59. The van der Waals surface area contributed by atoms with E-state index in [0.717, 1.165) is 13.0 Å². The van der Waals surface area contributed by atoms with Gasteiger partial charge in [-0.15, -0.1) is 0 Å². The Morgan fingerprint density at radius 3 is 3.05 bits per heavy atom. The van der Waals surface area contributed by atoms with Gasteiger partial charge in [0.25, 0.3) is 0 Å². The van der Waals surface area contributed by atoms with Gasteiger partial charge in [0.2, 0.25) is 5.91 Å². The molecule has 0 bridgehead atoms. The fraction of sp³-hybridized carbons (Fsp3) is 0.500. The van der Waals surface area contributed by atoms with Crippen LogP contribution in [-0.2, 0) is 4.79 Å². The third-order valence-corrected chi connectivity index (χ3v) is 4.25. The predicted molar refractivity (Wildman–Crippen MR) is 80.6 cm³/mol. The minimum atomic E-state index is -0.308. The molecule has 3 unspecified atom stereocenters. The van der Waals surface area contributed by atoms with Gasteiger partial charge in [-0.25, -0.2) is 0 Å². The Labute approximate surface area is 125 Å². The molecule has 1 aliphatic rings. The van der Waals surface area contributed by atoms with Crippen molar-refractivity contribution in [1.82, 2.24) is 4.90 Å². The van der Waals surface area contributed by atoms with Crippen molar-refractivity contribution in [2.24, 2.45) is 5.92 Å². The molecule has 5 nitrogen and oxygen atoms in total.